The predicted octanol–water partition coefficient (Wildman–Crippen LogP) is 2.97. The molecule has 0 saturated carbocycles. The first-order valence-electron chi connectivity index (χ1n) is 7.05. The number of carbonyl (C=O) groups excluding carboxylic acids is 1. The predicted molar refractivity (Wildman–Crippen MR) is 87.1 cm³/mol. The Labute approximate surface area is 128 Å². The maximum Gasteiger partial charge on any atom is 0.307 e. The number of aromatic nitrogens is 1. The number of benzene rings is 1. The van der Waals surface area contributed by atoms with Crippen molar-refractivity contribution in [1.29, 1.82) is 0 Å². The quantitative estimate of drug-likeness (QED) is 0.852. The molecule has 0 aliphatic carbocycles. The average Bonchev–Trinajstić information content (AvgIpc) is 2.78. The summed E-state index contributed by atoms with van der Waals surface area (Å²) >= 11 is 1.18. The normalized spacial score (nSPS) is 10.6. The number of anilines is 1. The summed E-state index contributed by atoms with van der Waals surface area (Å²) < 4.78 is 1.66. The monoisotopic (exact) mass is 304 g/mol. The molecule has 112 valence electrons. The zero-order valence-electron chi connectivity index (χ0n) is 12.6. The van der Waals surface area contributed by atoms with Gasteiger partial charge in [-0.2, -0.15) is 0 Å². The van der Waals surface area contributed by atoms with Gasteiger partial charge in [-0.3, -0.25) is 9.59 Å². The molecule has 4 nitrogen and oxygen atoms in total. The van der Waals surface area contributed by atoms with Gasteiger partial charge in [0.2, 0.25) is 5.91 Å². The molecule has 1 amide bonds. The third-order valence-electron chi connectivity index (χ3n) is 3.55. The number of para-hydroxylation sites is 1. The summed E-state index contributed by atoms with van der Waals surface area (Å²) in [6, 6.07) is 7.86. The van der Waals surface area contributed by atoms with Crippen molar-refractivity contribution in [2.24, 2.45) is 0 Å². The van der Waals surface area contributed by atoms with E-state index in [1.165, 1.54) is 11.3 Å². The van der Waals surface area contributed by atoms with Crippen molar-refractivity contribution in [3.8, 4) is 0 Å². The fourth-order valence-corrected chi connectivity index (χ4v) is 3.13. The minimum absolute atomic E-state index is 0.000704. The van der Waals surface area contributed by atoms with Crippen molar-refractivity contribution >= 4 is 22.9 Å². The summed E-state index contributed by atoms with van der Waals surface area (Å²) in [6.45, 7) is 6.92. The van der Waals surface area contributed by atoms with Gasteiger partial charge in [0.05, 0.1) is 0 Å². The lowest BCUT2D eigenvalue weighted by Gasteiger charge is -2.23. The van der Waals surface area contributed by atoms with E-state index in [0.29, 0.717) is 19.5 Å². The molecule has 0 spiro atoms. The van der Waals surface area contributed by atoms with Crippen LogP contribution in [0.15, 0.2) is 34.4 Å². The van der Waals surface area contributed by atoms with Crippen molar-refractivity contribution in [2.75, 3.05) is 11.4 Å². The highest BCUT2D eigenvalue weighted by atomic mass is 32.1. The molecular weight excluding hydrogens is 284 g/mol. The van der Waals surface area contributed by atoms with E-state index >= 15 is 0 Å². The number of aryl methyl sites for hydroxylation is 2. The summed E-state index contributed by atoms with van der Waals surface area (Å²) in [4.78, 5) is 25.9. The molecule has 0 aliphatic heterocycles. The minimum atomic E-state index is -0.000704. The van der Waals surface area contributed by atoms with Gasteiger partial charge >= 0.3 is 4.87 Å². The third-order valence-corrected chi connectivity index (χ3v) is 4.43. The number of nitrogens with zero attached hydrogens (tertiary/aromatic N) is 2. The highest BCUT2D eigenvalue weighted by Crippen LogP contribution is 2.20. The Morgan fingerprint density at radius 2 is 2.00 bits per heavy atom. The molecule has 2 rings (SSSR count). The lowest BCUT2D eigenvalue weighted by atomic mass is 10.1. The van der Waals surface area contributed by atoms with Crippen LogP contribution >= 0.6 is 11.3 Å². The molecule has 0 radical (unpaired) electrons. The average molecular weight is 304 g/mol. The standard InChI is InChI=1S/C16H20N2O2S/c1-4-17(14-8-6-5-7-12(14)2)15(19)9-10-18-13(3)11-21-16(18)20/h5-8,11H,4,9-10H2,1-3H3. The Balaban J connectivity index is 2.11. The molecule has 21 heavy (non-hydrogen) atoms. The fraction of sp³-hybridized carbons (Fsp3) is 0.375. The molecular formula is C16H20N2O2S. The van der Waals surface area contributed by atoms with Crippen LogP contribution in [-0.4, -0.2) is 17.0 Å². The van der Waals surface area contributed by atoms with Gasteiger partial charge in [0, 0.05) is 36.3 Å². The minimum Gasteiger partial charge on any atom is -0.312 e. The van der Waals surface area contributed by atoms with Gasteiger partial charge in [-0.15, -0.1) is 0 Å². The van der Waals surface area contributed by atoms with Crippen LogP contribution in [-0.2, 0) is 11.3 Å². The van der Waals surface area contributed by atoms with E-state index in [-0.39, 0.29) is 10.8 Å². The molecule has 1 aromatic carbocycles. The smallest absolute Gasteiger partial charge is 0.307 e. The fourth-order valence-electron chi connectivity index (χ4n) is 2.36. The van der Waals surface area contributed by atoms with Gasteiger partial charge in [0.25, 0.3) is 0 Å². The molecule has 0 unspecified atom stereocenters. The van der Waals surface area contributed by atoms with E-state index in [2.05, 4.69) is 0 Å². The lowest BCUT2D eigenvalue weighted by molar-refractivity contribution is -0.118. The number of amides is 1. The summed E-state index contributed by atoms with van der Waals surface area (Å²) in [6.07, 6.45) is 0.333. The zero-order chi connectivity index (χ0) is 15.4. The number of rotatable bonds is 5. The molecule has 0 atom stereocenters. The largest absolute Gasteiger partial charge is 0.312 e. The van der Waals surface area contributed by atoms with E-state index < -0.39 is 0 Å². The molecule has 1 heterocycles. The summed E-state index contributed by atoms with van der Waals surface area (Å²) in [5.74, 6) is 0.0456. The lowest BCUT2D eigenvalue weighted by Crippen LogP contribution is -2.32. The van der Waals surface area contributed by atoms with Crippen LogP contribution in [0.2, 0.25) is 0 Å². The highest BCUT2D eigenvalue weighted by Gasteiger charge is 2.16. The van der Waals surface area contributed by atoms with Gasteiger partial charge in [-0.25, -0.2) is 0 Å². The van der Waals surface area contributed by atoms with Gasteiger partial charge < -0.3 is 9.47 Å². The number of carbonyl (C=O) groups is 1. The third kappa shape index (κ3) is 3.42. The topological polar surface area (TPSA) is 42.3 Å². The van der Waals surface area contributed by atoms with Crippen molar-refractivity contribution in [1.82, 2.24) is 4.57 Å². The number of hydrogen-bond acceptors (Lipinski definition) is 3. The van der Waals surface area contributed by atoms with Crippen LogP contribution in [0.1, 0.15) is 24.6 Å². The molecule has 0 fully saturated rings. The highest BCUT2D eigenvalue weighted by molar-refractivity contribution is 7.07. The van der Waals surface area contributed by atoms with Crippen molar-refractivity contribution < 1.29 is 4.79 Å². The first-order valence-corrected chi connectivity index (χ1v) is 7.93. The second kappa shape index (κ2) is 6.72. The summed E-state index contributed by atoms with van der Waals surface area (Å²) in [7, 11) is 0. The van der Waals surface area contributed by atoms with Crippen LogP contribution < -0.4 is 9.77 Å². The van der Waals surface area contributed by atoms with Crippen LogP contribution in [0.25, 0.3) is 0 Å². The van der Waals surface area contributed by atoms with Crippen LogP contribution in [0.3, 0.4) is 0 Å². The van der Waals surface area contributed by atoms with Gasteiger partial charge in [-0.1, -0.05) is 29.5 Å². The Morgan fingerprint density at radius 3 is 2.57 bits per heavy atom. The molecule has 0 saturated heterocycles. The van der Waals surface area contributed by atoms with Crippen molar-refractivity contribution in [3.63, 3.8) is 0 Å². The Bertz CT molecular complexity index is 688. The first-order chi connectivity index (χ1) is 10.0. The Hall–Kier alpha value is -1.88. The maximum atomic E-state index is 12.5. The van der Waals surface area contributed by atoms with Crippen molar-refractivity contribution in [2.45, 2.75) is 33.7 Å². The Kier molecular flexibility index (Phi) is 4.96. The van der Waals surface area contributed by atoms with Crippen LogP contribution in [0.4, 0.5) is 5.69 Å². The van der Waals surface area contributed by atoms with Crippen LogP contribution in [0.5, 0.6) is 0 Å². The van der Waals surface area contributed by atoms with Crippen molar-refractivity contribution in [3.05, 3.63) is 50.6 Å². The second-order valence-corrected chi connectivity index (χ2v) is 5.79. The summed E-state index contributed by atoms with van der Waals surface area (Å²) in [5, 5.41) is 1.83. The van der Waals surface area contributed by atoms with Crippen LogP contribution in [0, 0.1) is 13.8 Å². The van der Waals surface area contributed by atoms with E-state index in [9.17, 15) is 9.59 Å². The van der Waals surface area contributed by atoms with E-state index in [1.807, 2.05) is 50.4 Å². The van der Waals surface area contributed by atoms with E-state index in [4.69, 9.17) is 0 Å². The van der Waals surface area contributed by atoms with E-state index in [1.54, 1.807) is 9.47 Å². The molecule has 0 aliphatic rings. The molecule has 0 N–H and O–H groups in total. The second-order valence-electron chi connectivity index (χ2n) is 4.97. The maximum absolute atomic E-state index is 12.5. The first kappa shape index (κ1) is 15.5. The molecule has 1 aromatic heterocycles. The molecule has 5 heteroatoms. The van der Waals surface area contributed by atoms with Gasteiger partial charge in [0.15, 0.2) is 0 Å². The SMILES string of the molecule is CCN(C(=O)CCn1c(C)csc1=O)c1ccccc1C. The molecule has 2 aromatic rings. The Morgan fingerprint density at radius 1 is 1.29 bits per heavy atom. The van der Waals surface area contributed by atoms with Gasteiger partial charge in [0.1, 0.15) is 0 Å². The number of hydrogen-bond donors (Lipinski definition) is 0. The molecule has 0 bridgehead atoms. The zero-order valence-corrected chi connectivity index (χ0v) is 13.4. The number of thiazole rings is 1. The summed E-state index contributed by atoms with van der Waals surface area (Å²) in [5.41, 5.74) is 2.94. The van der Waals surface area contributed by atoms with Gasteiger partial charge in [-0.05, 0) is 32.4 Å². The van der Waals surface area contributed by atoms with E-state index in [0.717, 1.165) is 16.9 Å².